The molecule has 0 N–H and O–H groups in total. The van der Waals surface area contributed by atoms with Crippen LogP contribution in [-0.4, -0.2) is 46.0 Å². The molecule has 0 radical (unpaired) electrons. The predicted octanol–water partition coefficient (Wildman–Crippen LogP) is 2.21. The number of benzene rings is 1. The summed E-state index contributed by atoms with van der Waals surface area (Å²) >= 11 is 0. The molecule has 1 aliphatic heterocycles. The Kier molecular flexibility index (Phi) is 3.72. The fourth-order valence-electron chi connectivity index (χ4n) is 3.32. The lowest BCUT2D eigenvalue weighted by Crippen LogP contribution is -2.43. The summed E-state index contributed by atoms with van der Waals surface area (Å²) < 4.78 is 1.66. The molecule has 1 atom stereocenters. The molecule has 1 aromatic carbocycles. The van der Waals surface area contributed by atoms with Gasteiger partial charge in [0.25, 0.3) is 5.91 Å². The van der Waals surface area contributed by atoms with Gasteiger partial charge in [-0.3, -0.25) is 9.59 Å². The van der Waals surface area contributed by atoms with Crippen LogP contribution in [0.4, 0.5) is 5.69 Å². The van der Waals surface area contributed by atoms with Gasteiger partial charge in [0.2, 0.25) is 5.91 Å². The molecule has 126 valence electrons. The van der Waals surface area contributed by atoms with E-state index in [-0.39, 0.29) is 11.8 Å². The molecule has 2 aromatic heterocycles. The minimum absolute atomic E-state index is 0.0430. The van der Waals surface area contributed by atoms with Crippen molar-refractivity contribution in [2.75, 3.05) is 18.5 Å². The zero-order chi connectivity index (χ0) is 17.4. The number of para-hydroxylation sites is 1. The number of rotatable bonds is 3. The Morgan fingerprint density at radius 3 is 2.72 bits per heavy atom. The Balaban J connectivity index is 1.58. The van der Waals surface area contributed by atoms with Crippen molar-refractivity contribution in [2.45, 2.75) is 12.5 Å². The molecule has 3 heterocycles. The van der Waals surface area contributed by atoms with Gasteiger partial charge in [-0.25, -0.2) is 4.52 Å². The highest BCUT2D eigenvalue weighted by Crippen LogP contribution is 2.25. The van der Waals surface area contributed by atoms with Crippen molar-refractivity contribution in [1.82, 2.24) is 14.5 Å². The minimum atomic E-state index is -0.452. The molecule has 0 bridgehead atoms. The Morgan fingerprint density at radius 2 is 1.92 bits per heavy atom. The first kappa shape index (κ1) is 15.4. The van der Waals surface area contributed by atoms with E-state index in [1.807, 2.05) is 48.5 Å². The Hall–Kier alpha value is -3.15. The molecule has 25 heavy (non-hydrogen) atoms. The third-order valence-corrected chi connectivity index (χ3v) is 4.69. The van der Waals surface area contributed by atoms with Crippen molar-refractivity contribution in [1.29, 1.82) is 0 Å². The zero-order valence-electron chi connectivity index (χ0n) is 13.9. The number of hydrogen-bond donors (Lipinski definition) is 0. The van der Waals surface area contributed by atoms with Gasteiger partial charge in [0.15, 0.2) is 0 Å². The normalized spacial score (nSPS) is 17.2. The second kappa shape index (κ2) is 6.05. The van der Waals surface area contributed by atoms with E-state index in [2.05, 4.69) is 5.10 Å². The van der Waals surface area contributed by atoms with Crippen molar-refractivity contribution in [3.05, 3.63) is 66.5 Å². The monoisotopic (exact) mass is 334 g/mol. The maximum atomic E-state index is 12.9. The summed E-state index contributed by atoms with van der Waals surface area (Å²) in [7, 11) is 1.69. The second-order valence-corrected chi connectivity index (χ2v) is 6.13. The molecule has 1 unspecified atom stereocenters. The molecule has 1 aliphatic rings. The van der Waals surface area contributed by atoms with Crippen LogP contribution in [0.3, 0.4) is 0 Å². The molecular formula is C19H18N4O2. The number of amides is 2. The lowest BCUT2D eigenvalue weighted by molar-refractivity contribution is -0.120. The fourth-order valence-corrected chi connectivity index (χ4v) is 3.32. The molecule has 6 heteroatoms. The van der Waals surface area contributed by atoms with E-state index in [1.165, 1.54) is 4.90 Å². The van der Waals surface area contributed by atoms with Crippen LogP contribution in [0.25, 0.3) is 5.52 Å². The van der Waals surface area contributed by atoms with Crippen LogP contribution in [0.15, 0.2) is 60.9 Å². The Bertz CT molecular complexity index is 935. The van der Waals surface area contributed by atoms with Gasteiger partial charge in [-0.05, 0) is 30.7 Å². The second-order valence-electron chi connectivity index (χ2n) is 6.13. The highest BCUT2D eigenvalue weighted by atomic mass is 16.2. The Morgan fingerprint density at radius 1 is 1.16 bits per heavy atom. The van der Waals surface area contributed by atoms with Crippen LogP contribution < -0.4 is 4.90 Å². The molecule has 0 saturated carbocycles. The number of anilines is 1. The SMILES string of the molecule is CN(C(=O)c1cnn2ccccc12)C1CCN(c2ccccc2)C1=O. The third-order valence-electron chi connectivity index (χ3n) is 4.69. The molecule has 0 spiro atoms. The highest BCUT2D eigenvalue weighted by Gasteiger charge is 2.37. The summed E-state index contributed by atoms with van der Waals surface area (Å²) in [6.45, 7) is 0.611. The molecule has 3 aromatic rings. The summed E-state index contributed by atoms with van der Waals surface area (Å²) in [4.78, 5) is 29.0. The number of likely N-dealkylation sites (N-methyl/N-ethyl adjacent to an activating group) is 1. The van der Waals surface area contributed by atoms with Gasteiger partial charge in [-0.2, -0.15) is 5.10 Å². The van der Waals surface area contributed by atoms with Gasteiger partial charge in [0.1, 0.15) is 6.04 Å². The number of carbonyl (C=O) groups is 2. The van der Waals surface area contributed by atoms with Crippen molar-refractivity contribution in [3.63, 3.8) is 0 Å². The van der Waals surface area contributed by atoms with E-state index < -0.39 is 6.04 Å². The maximum absolute atomic E-state index is 12.9. The number of aromatic nitrogens is 2. The molecule has 1 fully saturated rings. The van der Waals surface area contributed by atoms with Gasteiger partial charge < -0.3 is 9.80 Å². The van der Waals surface area contributed by atoms with Gasteiger partial charge in [-0.15, -0.1) is 0 Å². The number of nitrogens with zero attached hydrogens (tertiary/aromatic N) is 4. The van der Waals surface area contributed by atoms with Crippen molar-refractivity contribution < 1.29 is 9.59 Å². The summed E-state index contributed by atoms with van der Waals surface area (Å²) in [6.07, 6.45) is 3.97. The topological polar surface area (TPSA) is 57.9 Å². The van der Waals surface area contributed by atoms with Gasteiger partial charge in [0.05, 0.1) is 17.3 Å². The van der Waals surface area contributed by atoms with E-state index in [1.54, 1.807) is 28.9 Å². The van der Waals surface area contributed by atoms with E-state index in [4.69, 9.17) is 0 Å². The van der Waals surface area contributed by atoms with Crippen LogP contribution in [0.5, 0.6) is 0 Å². The molecule has 2 amide bonds. The first-order valence-corrected chi connectivity index (χ1v) is 8.23. The summed E-state index contributed by atoms with van der Waals surface area (Å²) in [6, 6.07) is 14.7. The number of fused-ring (bicyclic) bond motifs is 1. The quantitative estimate of drug-likeness (QED) is 0.738. The first-order valence-electron chi connectivity index (χ1n) is 8.23. The van der Waals surface area contributed by atoms with Crippen LogP contribution in [-0.2, 0) is 4.79 Å². The largest absolute Gasteiger partial charge is 0.329 e. The summed E-state index contributed by atoms with van der Waals surface area (Å²) in [5, 5.41) is 4.20. The Labute approximate surface area is 145 Å². The predicted molar refractivity (Wildman–Crippen MR) is 94.5 cm³/mol. The van der Waals surface area contributed by atoms with Crippen molar-refractivity contribution >= 4 is 23.0 Å². The van der Waals surface area contributed by atoms with Gasteiger partial charge in [0, 0.05) is 25.5 Å². The van der Waals surface area contributed by atoms with Crippen LogP contribution in [0.1, 0.15) is 16.8 Å². The zero-order valence-corrected chi connectivity index (χ0v) is 13.9. The summed E-state index contributed by atoms with van der Waals surface area (Å²) in [5.41, 5.74) is 2.12. The van der Waals surface area contributed by atoms with Gasteiger partial charge >= 0.3 is 0 Å². The average molecular weight is 334 g/mol. The van der Waals surface area contributed by atoms with Crippen LogP contribution in [0.2, 0.25) is 0 Å². The number of hydrogen-bond acceptors (Lipinski definition) is 3. The van der Waals surface area contributed by atoms with Crippen LogP contribution in [0, 0.1) is 0 Å². The van der Waals surface area contributed by atoms with E-state index >= 15 is 0 Å². The molecule has 6 nitrogen and oxygen atoms in total. The number of carbonyl (C=O) groups excluding carboxylic acids is 2. The highest BCUT2D eigenvalue weighted by molar-refractivity contribution is 6.06. The first-order chi connectivity index (χ1) is 12.2. The molecule has 4 rings (SSSR count). The summed E-state index contributed by atoms with van der Waals surface area (Å²) in [5.74, 6) is -0.229. The van der Waals surface area contributed by atoms with E-state index in [0.29, 0.717) is 18.5 Å². The molecule has 0 aliphatic carbocycles. The van der Waals surface area contributed by atoms with Gasteiger partial charge in [-0.1, -0.05) is 24.3 Å². The van der Waals surface area contributed by atoms with Crippen molar-refractivity contribution in [3.8, 4) is 0 Å². The minimum Gasteiger partial charge on any atom is -0.329 e. The molecular weight excluding hydrogens is 316 g/mol. The fraction of sp³-hybridized carbons (Fsp3) is 0.211. The lowest BCUT2D eigenvalue weighted by atomic mass is 10.1. The van der Waals surface area contributed by atoms with E-state index in [9.17, 15) is 9.59 Å². The standard InChI is InChI=1S/C19H18N4O2/c1-21(18(24)15-13-20-23-11-6-5-9-16(15)23)17-10-12-22(19(17)25)14-7-3-2-4-8-14/h2-9,11,13,17H,10,12H2,1H3. The van der Waals surface area contributed by atoms with Crippen LogP contribution >= 0.6 is 0 Å². The molecule has 1 saturated heterocycles. The lowest BCUT2D eigenvalue weighted by Gasteiger charge is -2.23. The smallest absolute Gasteiger partial charge is 0.258 e. The third kappa shape index (κ3) is 2.55. The number of pyridine rings is 1. The maximum Gasteiger partial charge on any atom is 0.258 e. The van der Waals surface area contributed by atoms with E-state index in [0.717, 1.165) is 11.2 Å². The average Bonchev–Trinajstić information content (AvgIpc) is 3.25. The van der Waals surface area contributed by atoms with Crippen molar-refractivity contribution in [2.24, 2.45) is 0 Å².